The molecular weight excluding hydrogens is 400 g/mol. The highest BCUT2D eigenvalue weighted by atomic mass is 16.7. The molecule has 3 heterocycles. The largest absolute Gasteiger partial charge is 0.465 e. The van der Waals surface area contributed by atoms with Crippen LogP contribution in [0.2, 0.25) is 0 Å². The molecule has 2 unspecified atom stereocenters. The summed E-state index contributed by atoms with van der Waals surface area (Å²) < 4.78 is 21.2. The number of nitrogens with zero attached hydrogens (tertiary/aromatic N) is 2. The van der Waals surface area contributed by atoms with Gasteiger partial charge >= 0.3 is 5.97 Å². The predicted molar refractivity (Wildman–Crippen MR) is 107 cm³/mol. The number of aromatic nitrogens is 2. The molecule has 2 aliphatic rings. The molecule has 2 N–H and O–H groups in total. The first kappa shape index (κ1) is 18.7. The number of ether oxygens (including phenoxy) is 4. The van der Waals surface area contributed by atoms with E-state index in [0.717, 1.165) is 11.1 Å². The van der Waals surface area contributed by atoms with Crippen LogP contribution in [0.4, 0.5) is 0 Å². The number of carbonyl (C=O) groups excluding carboxylic acids is 1. The molecule has 2 aromatic carbocycles. The molecule has 0 aliphatic carbocycles. The maximum atomic E-state index is 11.8. The molecule has 0 radical (unpaired) electrons. The van der Waals surface area contributed by atoms with Gasteiger partial charge in [0, 0.05) is 11.5 Å². The smallest absolute Gasteiger partial charge is 0.337 e. The topological polar surface area (TPSA) is 130 Å². The van der Waals surface area contributed by atoms with Crippen LogP contribution in [0.25, 0.3) is 11.3 Å². The van der Waals surface area contributed by atoms with Crippen molar-refractivity contribution in [2.45, 2.75) is 5.92 Å². The van der Waals surface area contributed by atoms with Crippen molar-refractivity contribution in [2.75, 3.05) is 13.9 Å². The number of carbonyl (C=O) groups is 1. The average Bonchev–Trinajstić information content (AvgIpc) is 3.43. The zero-order valence-corrected chi connectivity index (χ0v) is 16.3. The Kier molecular flexibility index (Phi) is 4.33. The van der Waals surface area contributed by atoms with E-state index in [0.29, 0.717) is 28.3 Å². The number of benzene rings is 2. The summed E-state index contributed by atoms with van der Waals surface area (Å²) in [5.41, 5.74) is 3.24. The first-order valence-electron chi connectivity index (χ1n) is 9.43. The normalized spacial score (nSPS) is 18.6. The summed E-state index contributed by atoms with van der Waals surface area (Å²) in [5.74, 6) is -0.504. The summed E-state index contributed by atoms with van der Waals surface area (Å²) in [6.45, 7) is 0.159. The van der Waals surface area contributed by atoms with E-state index in [4.69, 9.17) is 24.4 Å². The van der Waals surface area contributed by atoms with Gasteiger partial charge < -0.3 is 18.9 Å². The number of methoxy groups -OCH3 is 1. The second-order valence-electron chi connectivity index (χ2n) is 7.05. The number of hydrogen-bond acceptors (Lipinski definition) is 8. The van der Waals surface area contributed by atoms with Gasteiger partial charge in [-0.1, -0.05) is 12.1 Å². The Morgan fingerprint density at radius 3 is 2.74 bits per heavy atom. The van der Waals surface area contributed by atoms with Gasteiger partial charge in [0.05, 0.1) is 30.0 Å². The molecule has 0 amide bonds. The van der Waals surface area contributed by atoms with Crippen LogP contribution < -0.4 is 14.2 Å². The zero-order valence-electron chi connectivity index (χ0n) is 16.3. The fourth-order valence-electron chi connectivity index (χ4n) is 3.89. The Morgan fingerprint density at radius 1 is 1.23 bits per heavy atom. The number of nitrogens with one attached hydrogen (secondary N) is 2. The quantitative estimate of drug-likeness (QED) is 0.627. The van der Waals surface area contributed by atoms with Crippen LogP contribution in [-0.4, -0.2) is 36.0 Å². The summed E-state index contributed by atoms with van der Waals surface area (Å²) in [6.07, 6.45) is 0. The van der Waals surface area contributed by atoms with E-state index >= 15 is 0 Å². The Morgan fingerprint density at radius 2 is 2.00 bits per heavy atom. The summed E-state index contributed by atoms with van der Waals surface area (Å²) in [5, 5.41) is 25.2. The highest BCUT2D eigenvalue weighted by molar-refractivity contribution is 5.90. The predicted octanol–water partition coefficient (Wildman–Crippen LogP) is 3.23. The molecular formula is C22H16N4O5. The van der Waals surface area contributed by atoms with Crippen molar-refractivity contribution >= 4 is 11.9 Å². The fourth-order valence-corrected chi connectivity index (χ4v) is 3.89. The highest BCUT2D eigenvalue weighted by Crippen LogP contribution is 2.47. The van der Waals surface area contributed by atoms with Gasteiger partial charge in [-0.3, -0.25) is 10.5 Å². The van der Waals surface area contributed by atoms with Gasteiger partial charge in [0.1, 0.15) is 5.92 Å². The van der Waals surface area contributed by atoms with Gasteiger partial charge in [-0.25, -0.2) is 4.79 Å². The Labute approximate surface area is 176 Å². The van der Waals surface area contributed by atoms with Crippen molar-refractivity contribution in [1.82, 2.24) is 10.2 Å². The van der Waals surface area contributed by atoms with Gasteiger partial charge in [0.25, 0.3) is 0 Å². The minimum Gasteiger partial charge on any atom is -0.465 e. The molecule has 0 saturated carbocycles. The lowest BCUT2D eigenvalue weighted by atomic mass is 9.78. The van der Waals surface area contributed by atoms with Crippen molar-refractivity contribution in [1.29, 1.82) is 10.7 Å². The molecule has 2 aliphatic heterocycles. The van der Waals surface area contributed by atoms with Crippen LogP contribution in [0.15, 0.2) is 42.5 Å². The molecule has 1 aromatic heterocycles. The van der Waals surface area contributed by atoms with E-state index < -0.39 is 17.8 Å². The lowest BCUT2D eigenvalue weighted by Gasteiger charge is -2.28. The van der Waals surface area contributed by atoms with E-state index in [-0.39, 0.29) is 18.6 Å². The summed E-state index contributed by atoms with van der Waals surface area (Å²) in [4.78, 5) is 11.8. The molecule has 31 heavy (non-hydrogen) atoms. The van der Waals surface area contributed by atoms with E-state index in [1.807, 2.05) is 12.1 Å². The molecule has 5 rings (SSSR count). The Balaban J connectivity index is 1.64. The van der Waals surface area contributed by atoms with E-state index in [9.17, 15) is 10.1 Å². The maximum absolute atomic E-state index is 11.8. The molecule has 0 spiro atoms. The first-order chi connectivity index (χ1) is 15.1. The Hall–Kier alpha value is -4.32. The Bertz CT molecular complexity index is 1240. The lowest BCUT2D eigenvalue weighted by molar-refractivity contribution is 0.0600. The number of H-pyrrole nitrogens is 1. The SMILES string of the molecule is COC(=O)c1ccc(C2c3c(n[nH]c3-c3ccc4c(c3)OCO4)OC(=N)C2C#N)cc1. The minimum atomic E-state index is -0.859. The summed E-state index contributed by atoms with van der Waals surface area (Å²) >= 11 is 0. The van der Waals surface area contributed by atoms with Crippen LogP contribution in [-0.2, 0) is 4.74 Å². The van der Waals surface area contributed by atoms with E-state index in [2.05, 4.69) is 16.3 Å². The standard InChI is InChI=1S/C22H16N4O5/c1-28-22(27)12-4-2-11(3-5-12)17-14(9-23)20(24)31-21-18(17)19(25-26-21)13-6-7-15-16(8-13)30-10-29-15/h2-8,14,17,24H,10H2,1H3,(H,25,26). The van der Waals surface area contributed by atoms with Crippen molar-refractivity contribution in [3.63, 3.8) is 0 Å². The number of aromatic amines is 1. The lowest BCUT2D eigenvalue weighted by Crippen LogP contribution is -2.30. The molecule has 9 nitrogen and oxygen atoms in total. The third kappa shape index (κ3) is 2.97. The monoisotopic (exact) mass is 416 g/mol. The molecule has 154 valence electrons. The van der Waals surface area contributed by atoms with Crippen LogP contribution in [0, 0.1) is 22.7 Å². The van der Waals surface area contributed by atoms with Crippen molar-refractivity contribution in [3.8, 4) is 34.7 Å². The van der Waals surface area contributed by atoms with Crippen LogP contribution in [0.3, 0.4) is 0 Å². The molecule has 0 fully saturated rings. The number of esters is 1. The van der Waals surface area contributed by atoms with E-state index in [1.165, 1.54) is 7.11 Å². The van der Waals surface area contributed by atoms with Gasteiger partial charge in [-0.05, 0) is 35.9 Å². The summed E-state index contributed by atoms with van der Waals surface area (Å²) in [7, 11) is 1.32. The number of hydrogen-bond donors (Lipinski definition) is 2. The van der Waals surface area contributed by atoms with Crippen LogP contribution in [0.1, 0.15) is 27.4 Å². The second kappa shape index (κ2) is 7.18. The second-order valence-corrected chi connectivity index (χ2v) is 7.05. The average molecular weight is 416 g/mol. The molecule has 2 atom stereocenters. The summed E-state index contributed by atoms with van der Waals surface area (Å²) in [6, 6.07) is 14.4. The third-order valence-electron chi connectivity index (χ3n) is 5.39. The molecule has 3 aromatic rings. The van der Waals surface area contributed by atoms with Gasteiger partial charge in [-0.15, -0.1) is 5.10 Å². The minimum absolute atomic E-state index is 0.159. The van der Waals surface area contributed by atoms with Crippen molar-refractivity contribution in [2.24, 2.45) is 5.92 Å². The zero-order chi connectivity index (χ0) is 21.5. The van der Waals surface area contributed by atoms with E-state index in [1.54, 1.807) is 30.3 Å². The van der Waals surface area contributed by atoms with Crippen molar-refractivity contribution < 1.29 is 23.7 Å². The van der Waals surface area contributed by atoms with Crippen LogP contribution in [0.5, 0.6) is 17.4 Å². The first-order valence-corrected chi connectivity index (χ1v) is 9.43. The third-order valence-corrected chi connectivity index (χ3v) is 5.39. The fraction of sp³-hybridized carbons (Fsp3) is 0.182. The molecule has 9 heteroatoms. The number of fused-ring (bicyclic) bond motifs is 2. The van der Waals surface area contributed by atoms with Gasteiger partial charge in [-0.2, -0.15) is 5.26 Å². The maximum Gasteiger partial charge on any atom is 0.337 e. The molecule has 0 saturated heterocycles. The van der Waals surface area contributed by atoms with Crippen LogP contribution >= 0.6 is 0 Å². The number of nitriles is 1. The van der Waals surface area contributed by atoms with Crippen molar-refractivity contribution in [3.05, 3.63) is 59.2 Å². The molecule has 0 bridgehead atoms. The highest BCUT2D eigenvalue weighted by Gasteiger charge is 2.41. The van der Waals surface area contributed by atoms with Gasteiger partial charge in [0.15, 0.2) is 11.5 Å². The van der Waals surface area contributed by atoms with Gasteiger partial charge in [0.2, 0.25) is 18.6 Å². The number of rotatable bonds is 3.